The highest BCUT2D eigenvalue weighted by Crippen LogP contribution is 2.26. The van der Waals surface area contributed by atoms with Gasteiger partial charge < -0.3 is 5.11 Å². The summed E-state index contributed by atoms with van der Waals surface area (Å²) < 4.78 is 41.1. The van der Waals surface area contributed by atoms with Gasteiger partial charge in [0.05, 0.1) is 6.20 Å². The van der Waals surface area contributed by atoms with E-state index < -0.39 is 23.6 Å². The smallest absolute Gasteiger partial charge is 0.194 e. The molecule has 1 N–H and O–H groups in total. The Hall–Kier alpha value is -1.82. The number of aliphatic hydroxyl groups is 1. The van der Waals surface area contributed by atoms with Crippen LogP contribution >= 0.6 is 0 Å². The van der Waals surface area contributed by atoms with E-state index in [2.05, 4.69) is 5.10 Å². The molecule has 0 saturated heterocycles. The third kappa shape index (κ3) is 2.49. The second-order valence-corrected chi connectivity index (χ2v) is 4.51. The Morgan fingerprint density at radius 1 is 1.16 bits per heavy atom. The van der Waals surface area contributed by atoms with E-state index in [9.17, 15) is 18.3 Å². The van der Waals surface area contributed by atoms with Crippen LogP contribution in [0.15, 0.2) is 24.5 Å². The number of rotatable bonds is 3. The molecule has 0 saturated carbocycles. The minimum atomic E-state index is -1.59. The first-order valence-electron chi connectivity index (χ1n) is 5.77. The molecule has 2 aromatic rings. The molecule has 1 heterocycles. The zero-order valence-corrected chi connectivity index (χ0v) is 10.4. The lowest BCUT2D eigenvalue weighted by Crippen LogP contribution is -2.05. The molecule has 0 fully saturated rings. The highest BCUT2D eigenvalue weighted by Gasteiger charge is 2.21. The number of hydrogen-bond donors (Lipinski definition) is 1. The lowest BCUT2D eigenvalue weighted by molar-refractivity contribution is 0.212. The van der Waals surface area contributed by atoms with E-state index in [1.807, 2.05) is 13.8 Å². The topological polar surface area (TPSA) is 38.0 Å². The average Bonchev–Trinajstić information content (AvgIpc) is 2.85. The Balaban J connectivity index is 2.38. The third-order valence-corrected chi connectivity index (χ3v) is 2.83. The molecule has 3 nitrogen and oxygen atoms in total. The minimum Gasteiger partial charge on any atom is -0.383 e. The lowest BCUT2D eigenvalue weighted by atomic mass is 10.0. The second-order valence-electron chi connectivity index (χ2n) is 4.51. The highest BCUT2D eigenvalue weighted by molar-refractivity contribution is 5.29. The molecule has 0 bridgehead atoms. The molecule has 0 aliphatic heterocycles. The number of benzene rings is 1. The maximum absolute atomic E-state index is 13.6. The molecule has 0 aliphatic rings. The maximum atomic E-state index is 13.6. The van der Waals surface area contributed by atoms with E-state index in [0.29, 0.717) is 5.56 Å². The van der Waals surface area contributed by atoms with Crippen molar-refractivity contribution in [2.24, 2.45) is 0 Å². The van der Waals surface area contributed by atoms with E-state index in [4.69, 9.17) is 0 Å². The summed E-state index contributed by atoms with van der Waals surface area (Å²) in [4.78, 5) is 0. The second kappa shape index (κ2) is 5.05. The van der Waals surface area contributed by atoms with Crippen molar-refractivity contribution in [2.45, 2.75) is 26.0 Å². The molecular weight excluding hydrogens is 257 g/mol. The Morgan fingerprint density at radius 2 is 1.84 bits per heavy atom. The molecule has 1 aromatic heterocycles. The Morgan fingerprint density at radius 3 is 2.42 bits per heavy atom. The SMILES string of the molecule is CC(C)n1cc(C(O)c2ccc(F)c(F)c2F)cn1. The van der Waals surface area contributed by atoms with Gasteiger partial charge in [0, 0.05) is 23.4 Å². The van der Waals surface area contributed by atoms with Crippen molar-refractivity contribution in [3.8, 4) is 0 Å². The number of hydrogen-bond acceptors (Lipinski definition) is 2. The van der Waals surface area contributed by atoms with Gasteiger partial charge in [0.15, 0.2) is 17.5 Å². The number of halogens is 3. The molecule has 1 atom stereocenters. The fraction of sp³-hybridized carbons (Fsp3) is 0.308. The largest absolute Gasteiger partial charge is 0.383 e. The van der Waals surface area contributed by atoms with Crippen LogP contribution in [0.2, 0.25) is 0 Å². The quantitative estimate of drug-likeness (QED) is 0.871. The van der Waals surface area contributed by atoms with Crippen LogP contribution in [-0.2, 0) is 0 Å². The van der Waals surface area contributed by atoms with Gasteiger partial charge in [-0.05, 0) is 19.9 Å². The van der Waals surface area contributed by atoms with Crippen LogP contribution in [0.3, 0.4) is 0 Å². The van der Waals surface area contributed by atoms with Crippen LogP contribution in [0.4, 0.5) is 13.2 Å². The first kappa shape index (κ1) is 13.6. The molecule has 1 unspecified atom stereocenters. The summed E-state index contributed by atoms with van der Waals surface area (Å²) in [6, 6.07) is 1.88. The van der Waals surface area contributed by atoms with E-state index in [0.717, 1.165) is 12.1 Å². The number of aromatic nitrogens is 2. The van der Waals surface area contributed by atoms with Crippen LogP contribution in [-0.4, -0.2) is 14.9 Å². The molecular formula is C13H13F3N2O. The van der Waals surface area contributed by atoms with E-state index >= 15 is 0 Å². The summed E-state index contributed by atoms with van der Waals surface area (Å²) >= 11 is 0. The summed E-state index contributed by atoms with van der Waals surface area (Å²) in [5.41, 5.74) is 0.000754. The molecule has 2 rings (SSSR count). The number of nitrogens with zero attached hydrogens (tertiary/aromatic N) is 2. The van der Waals surface area contributed by atoms with Crippen molar-refractivity contribution < 1.29 is 18.3 Å². The fourth-order valence-electron chi connectivity index (χ4n) is 1.71. The van der Waals surface area contributed by atoms with Crippen LogP contribution in [0.5, 0.6) is 0 Å². The van der Waals surface area contributed by atoms with Crippen molar-refractivity contribution in [2.75, 3.05) is 0 Å². The maximum Gasteiger partial charge on any atom is 0.194 e. The van der Waals surface area contributed by atoms with Gasteiger partial charge in [-0.2, -0.15) is 5.10 Å². The van der Waals surface area contributed by atoms with Gasteiger partial charge in [0.25, 0.3) is 0 Å². The zero-order valence-electron chi connectivity index (χ0n) is 10.4. The molecule has 1 aromatic carbocycles. The fourth-order valence-corrected chi connectivity index (χ4v) is 1.71. The Labute approximate surface area is 108 Å². The van der Waals surface area contributed by atoms with Crippen molar-refractivity contribution in [1.29, 1.82) is 0 Å². The first-order valence-corrected chi connectivity index (χ1v) is 5.77. The molecule has 0 aliphatic carbocycles. The third-order valence-electron chi connectivity index (χ3n) is 2.83. The normalized spacial score (nSPS) is 13.0. The molecule has 0 radical (unpaired) electrons. The van der Waals surface area contributed by atoms with Crippen molar-refractivity contribution in [1.82, 2.24) is 9.78 Å². The Kier molecular flexibility index (Phi) is 3.61. The predicted octanol–water partition coefficient (Wildman–Crippen LogP) is 2.96. The van der Waals surface area contributed by atoms with Gasteiger partial charge in [-0.1, -0.05) is 6.07 Å². The van der Waals surface area contributed by atoms with Crippen LogP contribution in [0.1, 0.15) is 37.1 Å². The monoisotopic (exact) mass is 270 g/mol. The lowest BCUT2D eigenvalue weighted by Gasteiger charge is -2.11. The van der Waals surface area contributed by atoms with Crippen LogP contribution < -0.4 is 0 Å². The van der Waals surface area contributed by atoms with Gasteiger partial charge in [0.1, 0.15) is 6.10 Å². The van der Waals surface area contributed by atoms with Crippen molar-refractivity contribution in [3.05, 3.63) is 53.1 Å². The van der Waals surface area contributed by atoms with Gasteiger partial charge in [-0.25, -0.2) is 13.2 Å². The van der Waals surface area contributed by atoms with Crippen molar-refractivity contribution in [3.63, 3.8) is 0 Å². The van der Waals surface area contributed by atoms with Gasteiger partial charge in [-0.3, -0.25) is 4.68 Å². The van der Waals surface area contributed by atoms with E-state index in [1.54, 1.807) is 4.68 Å². The van der Waals surface area contributed by atoms with Gasteiger partial charge in [0.2, 0.25) is 0 Å². The molecule has 0 spiro atoms. The highest BCUT2D eigenvalue weighted by atomic mass is 19.2. The molecule has 6 heteroatoms. The standard InChI is InChI=1S/C13H13F3N2O/c1-7(2)18-6-8(5-17-18)13(19)9-3-4-10(14)12(16)11(9)15/h3-7,13,19H,1-2H3. The van der Waals surface area contributed by atoms with Crippen molar-refractivity contribution >= 4 is 0 Å². The van der Waals surface area contributed by atoms with Crippen LogP contribution in [0.25, 0.3) is 0 Å². The summed E-state index contributed by atoms with van der Waals surface area (Å²) in [6.45, 7) is 3.78. The zero-order chi connectivity index (χ0) is 14.2. The molecule has 0 amide bonds. The molecule has 102 valence electrons. The summed E-state index contributed by atoms with van der Waals surface area (Å²) in [6.07, 6.45) is 1.52. The summed E-state index contributed by atoms with van der Waals surface area (Å²) in [5.74, 6) is -4.26. The Bertz CT molecular complexity index is 596. The average molecular weight is 270 g/mol. The van der Waals surface area contributed by atoms with E-state index in [1.165, 1.54) is 12.4 Å². The molecule has 19 heavy (non-hydrogen) atoms. The first-order chi connectivity index (χ1) is 8.91. The van der Waals surface area contributed by atoms with Crippen LogP contribution in [0, 0.1) is 17.5 Å². The summed E-state index contributed by atoms with van der Waals surface area (Å²) in [5, 5.41) is 14.0. The summed E-state index contributed by atoms with van der Waals surface area (Å²) in [7, 11) is 0. The predicted molar refractivity (Wildman–Crippen MR) is 63.0 cm³/mol. The minimum absolute atomic E-state index is 0.0794. The number of aliphatic hydroxyl groups excluding tert-OH is 1. The van der Waals surface area contributed by atoms with Gasteiger partial charge in [-0.15, -0.1) is 0 Å². The van der Waals surface area contributed by atoms with Gasteiger partial charge >= 0.3 is 0 Å². The van der Waals surface area contributed by atoms with E-state index in [-0.39, 0.29) is 11.6 Å².